The molecule has 0 saturated carbocycles. The molecule has 1 unspecified atom stereocenters. The number of aliphatic carboxylic acids is 1. The van der Waals surface area contributed by atoms with Crippen LogP contribution in [0.25, 0.3) is 0 Å². The van der Waals surface area contributed by atoms with Gasteiger partial charge in [-0.05, 0) is 44.5 Å². The summed E-state index contributed by atoms with van der Waals surface area (Å²) in [6.45, 7) is 5.88. The summed E-state index contributed by atoms with van der Waals surface area (Å²) < 4.78 is 10.8. The molecule has 134 valence electrons. The monoisotopic (exact) mass is 337 g/mol. The van der Waals surface area contributed by atoms with E-state index in [-0.39, 0.29) is 5.91 Å². The summed E-state index contributed by atoms with van der Waals surface area (Å²) in [4.78, 5) is 23.0. The van der Waals surface area contributed by atoms with Gasteiger partial charge in [0.2, 0.25) is 0 Å². The third kappa shape index (κ3) is 6.58. The zero-order chi connectivity index (χ0) is 18.0. The number of anilines is 1. The molecule has 0 spiro atoms. The van der Waals surface area contributed by atoms with E-state index in [4.69, 9.17) is 14.6 Å². The number of carboxylic acids is 1. The van der Waals surface area contributed by atoms with E-state index in [9.17, 15) is 9.59 Å². The van der Waals surface area contributed by atoms with E-state index in [1.165, 1.54) is 0 Å². The van der Waals surface area contributed by atoms with Gasteiger partial charge in [-0.25, -0.2) is 4.79 Å². The van der Waals surface area contributed by atoms with E-state index in [2.05, 4.69) is 12.2 Å². The van der Waals surface area contributed by atoms with Crippen molar-refractivity contribution in [2.45, 2.75) is 52.1 Å². The van der Waals surface area contributed by atoms with Gasteiger partial charge in [0.25, 0.3) is 5.91 Å². The molecule has 1 aromatic rings. The Kier molecular flexibility index (Phi) is 8.26. The lowest BCUT2D eigenvalue weighted by Crippen LogP contribution is -2.42. The Morgan fingerprint density at radius 1 is 1.17 bits per heavy atom. The molecular weight excluding hydrogens is 310 g/mol. The molecule has 1 aromatic carbocycles. The number of rotatable bonds is 11. The van der Waals surface area contributed by atoms with Crippen molar-refractivity contribution in [1.82, 2.24) is 0 Å². The number of benzene rings is 1. The highest BCUT2D eigenvalue weighted by Crippen LogP contribution is 2.23. The first-order valence-corrected chi connectivity index (χ1v) is 8.31. The van der Waals surface area contributed by atoms with Crippen LogP contribution < -0.4 is 10.1 Å². The molecule has 6 heteroatoms. The fourth-order valence-electron chi connectivity index (χ4n) is 2.33. The highest BCUT2D eigenvalue weighted by molar-refractivity contribution is 5.97. The molecular formula is C18H27NO5. The van der Waals surface area contributed by atoms with E-state index < -0.39 is 18.2 Å². The molecule has 0 heterocycles. The van der Waals surface area contributed by atoms with Gasteiger partial charge >= 0.3 is 5.97 Å². The van der Waals surface area contributed by atoms with Crippen LogP contribution in [0.5, 0.6) is 5.75 Å². The van der Waals surface area contributed by atoms with Crippen LogP contribution >= 0.6 is 0 Å². The number of unbranched alkanes of at least 4 members (excludes halogenated alkanes) is 2. The zero-order valence-electron chi connectivity index (χ0n) is 14.6. The van der Waals surface area contributed by atoms with Gasteiger partial charge in [0.15, 0.2) is 6.61 Å². The van der Waals surface area contributed by atoms with E-state index >= 15 is 0 Å². The van der Waals surface area contributed by atoms with E-state index in [0.29, 0.717) is 24.5 Å². The maximum Gasteiger partial charge on any atom is 0.341 e. The van der Waals surface area contributed by atoms with Gasteiger partial charge in [0.1, 0.15) is 11.4 Å². The van der Waals surface area contributed by atoms with Gasteiger partial charge in [-0.3, -0.25) is 4.79 Å². The molecule has 0 aliphatic carbocycles. The molecule has 6 nitrogen and oxygen atoms in total. The maximum absolute atomic E-state index is 12.6. The summed E-state index contributed by atoms with van der Waals surface area (Å²) in [7, 11) is 0. The Morgan fingerprint density at radius 3 is 2.38 bits per heavy atom. The lowest BCUT2D eigenvalue weighted by Gasteiger charge is -2.28. The van der Waals surface area contributed by atoms with Crippen molar-refractivity contribution in [3.05, 3.63) is 24.3 Å². The smallest absolute Gasteiger partial charge is 0.341 e. The molecule has 0 fully saturated rings. The molecule has 2 N–H and O–H groups in total. The minimum absolute atomic E-state index is 0.181. The van der Waals surface area contributed by atoms with Crippen LogP contribution in [0, 0.1) is 0 Å². The minimum atomic E-state index is -1.04. The van der Waals surface area contributed by atoms with Crippen LogP contribution in [-0.2, 0) is 14.3 Å². The molecule has 0 aliphatic rings. The average molecular weight is 337 g/mol. The summed E-state index contributed by atoms with van der Waals surface area (Å²) in [5.41, 5.74) is -0.244. The Labute approximate surface area is 143 Å². The SMILES string of the molecule is CCCCCC(C)(OCC)C(=O)Nc1ccc(OCC(=O)O)cc1. The van der Waals surface area contributed by atoms with Crippen molar-refractivity contribution < 1.29 is 24.2 Å². The summed E-state index contributed by atoms with van der Waals surface area (Å²) in [6, 6.07) is 6.59. The second kappa shape index (κ2) is 9.93. The van der Waals surface area contributed by atoms with Crippen molar-refractivity contribution in [3.8, 4) is 5.75 Å². The number of hydrogen-bond acceptors (Lipinski definition) is 4. The number of carboxylic acid groups (broad SMARTS) is 1. The summed E-state index contributed by atoms with van der Waals surface area (Å²) >= 11 is 0. The van der Waals surface area contributed by atoms with Gasteiger partial charge in [-0.2, -0.15) is 0 Å². The Balaban J connectivity index is 2.67. The van der Waals surface area contributed by atoms with Crippen molar-refractivity contribution in [1.29, 1.82) is 0 Å². The Morgan fingerprint density at radius 2 is 1.83 bits per heavy atom. The fourth-order valence-corrected chi connectivity index (χ4v) is 2.33. The Hall–Kier alpha value is -2.08. The molecule has 1 amide bonds. The van der Waals surface area contributed by atoms with Gasteiger partial charge in [0.05, 0.1) is 0 Å². The second-order valence-electron chi connectivity index (χ2n) is 5.78. The fraction of sp³-hybridized carbons (Fsp3) is 0.556. The van der Waals surface area contributed by atoms with Crippen molar-refractivity contribution in [3.63, 3.8) is 0 Å². The number of hydrogen-bond donors (Lipinski definition) is 2. The molecule has 24 heavy (non-hydrogen) atoms. The number of carbonyl (C=O) groups excluding carboxylic acids is 1. The molecule has 0 aliphatic heterocycles. The normalized spacial score (nSPS) is 13.1. The third-order valence-electron chi connectivity index (χ3n) is 3.68. The highest BCUT2D eigenvalue weighted by Gasteiger charge is 2.33. The largest absolute Gasteiger partial charge is 0.482 e. The third-order valence-corrected chi connectivity index (χ3v) is 3.68. The summed E-state index contributed by atoms with van der Waals surface area (Å²) in [5.74, 6) is -0.780. The Bertz CT molecular complexity index is 529. The van der Waals surface area contributed by atoms with Crippen LogP contribution in [-0.4, -0.2) is 35.8 Å². The first kappa shape index (κ1) is 20.0. The average Bonchev–Trinajstić information content (AvgIpc) is 2.54. The lowest BCUT2D eigenvalue weighted by atomic mass is 9.96. The molecule has 1 atom stereocenters. The summed E-state index contributed by atoms with van der Waals surface area (Å²) in [6.07, 6.45) is 3.75. The summed E-state index contributed by atoms with van der Waals surface area (Å²) in [5, 5.41) is 11.4. The van der Waals surface area contributed by atoms with Crippen LogP contribution in [0.2, 0.25) is 0 Å². The lowest BCUT2D eigenvalue weighted by molar-refractivity contribution is -0.140. The molecule has 1 rings (SSSR count). The van der Waals surface area contributed by atoms with E-state index in [1.807, 2.05) is 13.8 Å². The zero-order valence-corrected chi connectivity index (χ0v) is 14.6. The number of amides is 1. The molecule has 0 radical (unpaired) electrons. The number of carbonyl (C=O) groups is 2. The maximum atomic E-state index is 12.6. The quantitative estimate of drug-likeness (QED) is 0.604. The van der Waals surface area contributed by atoms with Gasteiger partial charge in [-0.1, -0.05) is 26.2 Å². The van der Waals surface area contributed by atoms with Gasteiger partial charge in [0, 0.05) is 12.3 Å². The molecule has 0 bridgehead atoms. The van der Waals surface area contributed by atoms with Crippen molar-refractivity contribution in [2.75, 3.05) is 18.5 Å². The van der Waals surface area contributed by atoms with Gasteiger partial charge < -0.3 is 19.9 Å². The topological polar surface area (TPSA) is 84.9 Å². The highest BCUT2D eigenvalue weighted by atomic mass is 16.5. The first-order chi connectivity index (χ1) is 11.4. The van der Waals surface area contributed by atoms with Crippen LogP contribution in [0.15, 0.2) is 24.3 Å². The molecule has 0 aromatic heterocycles. The molecule has 0 saturated heterocycles. The number of nitrogens with one attached hydrogen (secondary N) is 1. The van der Waals surface area contributed by atoms with Crippen molar-refractivity contribution >= 4 is 17.6 Å². The second-order valence-corrected chi connectivity index (χ2v) is 5.78. The first-order valence-electron chi connectivity index (χ1n) is 8.31. The van der Waals surface area contributed by atoms with Gasteiger partial charge in [-0.15, -0.1) is 0 Å². The number of ether oxygens (including phenoxy) is 2. The minimum Gasteiger partial charge on any atom is -0.482 e. The predicted octanol–water partition coefficient (Wildman–Crippen LogP) is 3.46. The van der Waals surface area contributed by atoms with Crippen molar-refractivity contribution in [2.24, 2.45) is 0 Å². The predicted molar refractivity (Wildman–Crippen MR) is 92.4 cm³/mol. The van der Waals surface area contributed by atoms with E-state index in [0.717, 1.165) is 19.3 Å². The van der Waals surface area contributed by atoms with Crippen LogP contribution in [0.3, 0.4) is 0 Å². The van der Waals surface area contributed by atoms with Crippen LogP contribution in [0.4, 0.5) is 5.69 Å². The van der Waals surface area contributed by atoms with Crippen LogP contribution in [0.1, 0.15) is 46.5 Å². The van der Waals surface area contributed by atoms with E-state index in [1.54, 1.807) is 24.3 Å². The standard InChI is InChI=1S/C18H27NO5/c1-4-6-7-12-18(3,24-5-2)17(22)19-14-8-10-15(11-9-14)23-13-16(20)21/h8-11H,4-7,12-13H2,1-3H3,(H,19,22)(H,20,21).